The standard InChI is InChI=1S/C15H20O2/c1-17-12-7-8-13-11(9-12)6-5-10-3-2-4-14(16)15(10)13/h7-10,14-16H,2-6H2,1H3. The highest BCUT2D eigenvalue weighted by Crippen LogP contribution is 2.45. The minimum absolute atomic E-state index is 0.138. The van der Waals surface area contributed by atoms with Crippen LogP contribution in [0.2, 0.25) is 0 Å². The second-order valence-corrected chi connectivity index (χ2v) is 5.39. The zero-order chi connectivity index (χ0) is 11.8. The van der Waals surface area contributed by atoms with Gasteiger partial charge in [0.1, 0.15) is 5.75 Å². The van der Waals surface area contributed by atoms with Crippen molar-refractivity contribution in [2.75, 3.05) is 7.11 Å². The molecule has 0 spiro atoms. The van der Waals surface area contributed by atoms with Gasteiger partial charge in [-0.1, -0.05) is 12.5 Å². The lowest BCUT2D eigenvalue weighted by Gasteiger charge is -2.40. The van der Waals surface area contributed by atoms with Crippen LogP contribution >= 0.6 is 0 Å². The lowest BCUT2D eigenvalue weighted by Crippen LogP contribution is -2.34. The average Bonchev–Trinajstić information content (AvgIpc) is 2.38. The number of fused-ring (bicyclic) bond motifs is 3. The third kappa shape index (κ3) is 1.85. The van der Waals surface area contributed by atoms with E-state index in [9.17, 15) is 5.11 Å². The molecule has 1 aromatic carbocycles. The number of rotatable bonds is 1. The first-order valence-corrected chi connectivity index (χ1v) is 6.64. The van der Waals surface area contributed by atoms with E-state index in [0.29, 0.717) is 11.8 Å². The summed E-state index contributed by atoms with van der Waals surface area (Å²) in [6.07, 6.45) is 5.66. The molecule has 1 saturated carbocycles. The first kappa shape index (κ1) is 11.1. The average molecular weight is 232 g/mol. The fourth-order valence-corrected chi connectivity index (χ4v) is 3.64. The second-order valence-electron chi connectivity index (χ2n) is 5.39. The van der Waals surface area contributed by atoms with E-state index in [1.54, 1.807) is 7.11 Å². The maximum Gasteiger partial charge on any atom is 0.119 e. The predicted molar refractivity (Wildman–Crippen MR) is 67.4 cm³/mol. The Morgan fingerprint density at radius 1 is 1.24 bits per heavy atom. The molecule has 3 unspecified atom stereocenters. The molecule has 0 aliphatic heterocycles. The van der Waals surface area contributed by atoms with Crippen molar-refractivity contribution in [2.24, 2.45) is 5.92 Å². The van der Waals surface area contributed by atoms with Gasteiger partial charge in [0.05, 0.1) is 13.2 Å². The minimum Gasteiger partial charge on any atom is -0.497 e. The molecular weight excluding hydrogens is 212 g/mol. The monoisotopic (exact) mass is 232 g/mol. The number of aryl methyl sites for hydroxylation is 1. The molecule has 0 radical (unpaired) electrons. The van der Waals surface area contributed by atoms with Gasteiger partial charge in [0.15, 0.2) is 0 Å². The van der Waals surface area contributed by atoms with Crippen LogP contribution in [0.25, 0.3) is 0 Å². The molecule has 92 valence electrons. The van der Waals surface area contributed by atoms with Crippen molar-refractivity contribution >= 4 is 0 Å². The van der Waals surface area contributed by atoms with Crippen LogP contribution in [0, 0.1) is 5.92 Å². The van der Waals surface area contributed by atoms with E-state index in [-0.39, 0.29) is 6.10 Å². The molecular formula is C15H20O2. The Labute approximate surface area is 103 Å². The van der Waals surface area contributed by atoms with Crippen molar-refractivity contribution in [1.29, 1.82) is 0 Å². The minimum atomic E-state index is -0.138. The van der Waals surface area contributed by atoms with E-state index >= 15 is 0 Å². The molecule has 1 N–H and O–H groups in total. The molecule has 1 aromatic rings. The van der Waals surface area contributed by atoms with Gasteiger partial charge in [-0.15, -0.1) is 0 Å². The molecule has 1 fully saturated rings. The van der Waals surface area contributed by atoms with Crippen molar-refractivity contribution < 1.29 is 9.84 Å². The van der Waals surface area contributed by atoms with Crippen LogP contribution in [-0.4, -0.2) is 18.3 Å². The maximum atomic E-state index is 10.2. The van der Waals surface area contributed by atoms with Gasteiger partial charge in [-0.2, -0.15) is 0 Å². The van der Waals surface area contributed by atoms with E-state index in [0.717, 1.165) is 18.6 Å². The Balaban J connectivity index is 1.99. The number of hydrogen-bond acceptors (Lipinski definition) is 2. The summed E-state index contributed by atoms with van der Waals surface area (Å²) in [5, 5.41) is 10.2. The van der Waals surface area contributed by atoms with Crippen molar-refractivity contribution in [3.05, 3.63) is 29.3 Å². The topological polar surface area (TPSA) is 29.5 Å². The summed E-state index contributed by atoms with van der Waals surface area (Å²) in [5.41, 5.74) is 2.75. The Morgan fingerprint density at radius 3 is 2.94 bits per heavy atom. The summed E-state index contributed by atoms with van der Waals surface area (Å²) in [5.74, 6) is 2.01. The highest BCUT2D eigenvalue weighted by molar-refractivity contribution is 5.40. The fourth-order valence-electron chi connectivity index (χ4n) is 3.64. The van der Waals surface area contributed by atoms with E-state index in [4.69, 9.17) is 4.74 Å². The van der Waals surface area contributed by atoms with Crippen LogP contribution < -0.4 is 4.74 Å². The maximum absolute atomic E-state index is 10.2. The lowest BCUT2D eigenvalue weighted by molar-refractivity contribution is 0.0657. The Morgan fingerprint density at radius 2 is 2.12 bits per heavy atom. The number of aliphatic hydroxyl groups is 1. The van der Waals surface area contributed by atoms with Crippen LogP contribution in [-0.2, 0) is 6.42 Å². The Kier molecular flexibility index (Phi) is 2.83. The number of hydrogen-bond donors (Lipinski definition) is 1. The summed E-state index contributed by atoms with van der Waals surface area (Å²) in [6.45, 7) is 0. The normalized spacial score (nSPS) is 31.5. The molecule has 2 aliphatic carbocycles. The van der Waals surface area contributed by atoms with E-state index < -0.39 is 0 Å². The molecule has 0 amide bonds. The van der Waals surface area contributed by atoms with E-state index in [1.807, 2.05) is 6.07 Å². The SMILES string of the molecule is COc1ccc2c(c1)CCC1CCCC(O)C21. The fraction of sp³-hybridized carbons (Fsp3) is 0.600. The van der Waals surface area contributed by atoms with Gasteiger partial charge in [-0.3, -0.25) is 0 Å². The van der Waals surface area contributed by atoms with Crippen LogP contribution in [0.4, 0.5) is 0 Å². The Hall–Kier alpha value is -1.02. The van der Waals surface area contributed by atoms with Gasteiger partial charge in [0.2, 0.25) is 0 Å². The summed E-state index contributed by atoms with van der Waals surface area (Å²) >= 11 is 0. The lowest BCUT2D eigenvalue weighted by atomic mass is 9.67. The largest absolute Gasteiger partial charge is 0.497 e. The number of ether oxygens (including phenoxy) is 1. The van der Waals surface area contributed by atoms with Crippen LogP contribution in [0.5, 0.6) is 5.75 Å². The highest BCUT2D eigenvalue weighted by Gasteiger charge is 2.37. The van der Waals surface area contributed by atoms with Crippen molar-refractivity contribution in [2.45, 2.75) is 44.1 Å². The predicted octanol–water partition coefficient (Wildman–Crippen LogP) is 2.89. The summed E-state index contributed by atoms with van der Waals surface area (Å²) < 4.78 is 5.28. The second kappa shape index (κ2) is 4.34. The molecule has 3 rings (SSSR count). The molecule has 2 nitrogen and oxygen atoms in total. The van der Waals surface area contributed by atoms with Gasteiger partial charge in [-0.05, 0) is 54.9 Å². The number of aliphatic hydroxyl groups excluding tert-OH is 1. The quantitative estimate of drug-likeness (QED) is 0.806. The van der Waals surface area contributed by atoms with Crippen LogP contribution in [0.3, 0.4) is 0 Å². The first-order chi connectivity index (χ1) is 8.29. The molecule has 0 heterocycles. The number of methoxy groups -OCH3 is 1. The van der Waals surface area contributed by atoms with Gasteiger partial charge in [-0.25, -0.2) is 0 Å². The van der Waals surface area contributed by atoms with Gasteiger partial charge >= 0.3 is 0 Å². The Bertz CT molecular complexity index is 413. The van der Waals surface area contributed by atoms with Gasteiger partial charge in [0.25, 0.3) is 0 Å². The smallest absolute Gasteiger partial charge is 0.119 e. The third-order valence-corrected chi connectivity index (χ3v) is 4.49. The van der Waals surface area contributed by atoms with E-state index in [2.05, 4.69) is 12.1 Å². The molecule has 0 saturated heterocycles. The molecule has 17 heavy (non-hydrogen) atoms. The molecule has 2 heteroatoms. The highest BCUT2D eigenvalue weighted by atomic mass is 16.5. The summed E-state index contributed by atoms with van der Waals surface area (Å²) in [7, 11) is 1.71. The van der Waals surface area contributed by atoms with E-state index in [1.165, 1.54) is 30.4 Å². The summed E-state index contributed by atoms with van der Waals surface area (Å²) in [4.78, 5) is 0. The zero-order valence-electron chi connectivity index (χ0n) is 10.4. The van der Waals surface area contributed by atoms with Crippen LogP contribution in [0.15, 0.2) is 18.2 Å². The van der Waals surface area contributed by atoms with Gasteiger partial charge < -0.3 is 9.84 Å². The van der Waals surface area contributed by atoms with Crippen LogP contribution in [0.1, 0.15) is 42.7 Å². The summed E-state index contributed by atoms with van der Waals surface area (Å²) in [6, 6.07) is 6.34. The molecule has 2 aliphatic rings. The van der Waals surface area contributed by atoms with Crippen molar-refractivity contribution in [3.63, 3.8) is 0 Å². The zero-order valence-corrected chi connectivity index (χ0v) is 10.4. The van der Waals surface area contributed by atoms with Crippen molar-refractivity contribution in [1.82, 2.24) is 0 Å². The van der Waals surface area contributed by atoms with Crippen molar-refractivity contribution in [3.8, 4) is 5.75 Å². The van der Waals surface area contributed by atoms with Gasteiger partial charge in [0, 0.05) is 5.92 Å². The molecule has 3 atom stereocenters. The molecule has 0 aromatic heterocycles. The first-order valence-electron chi connectivity index (χ1n) is 6.64. The third-order valence-electron chi connectivity index (χ3n) is 4.49. The number of benzene rings is 1. The molecule has 0 bridgehead atoms.